The fourth-order valence-corrected chi connectivity index (χ4v) is 2.66. The van der Waals surface area contributed by atoms with Gasteiger partial charge in [0.25, 0.3) is 0 Å². The third-order valence-corrected chi connectivity index (χ3v) is 4.81. The zero-order chi connectivity index (χ0) is 17.5. The second kappa shape index (κ2) is 8.30. The molecule has 1 atom stereocenters. The van der Waals surface area contributed by atoms with E-state index in [2.05, 4.69) is 19.4 Å². The van der Waals surface area contributed by atoms with Crippen molar-refractivity contribution in [2.45, 2.75) is 6.92 Å². The van der Waals surface area contributed by atoms with Crippen molar-refractivity contribution in [1.82, 2.24) is 10.2 Å². The molecule has 1 heterocycles. The molecule has 2 rings (SSSR count). The minimum absolute atomic E-state index is 0.00438. The third-order valence-electron chi connectivity index (χ3n) is 2.36. The minimum Gasteiger partial charge on any atom is -0.477 e. The molecule has 0 aliphatic carbocycles. The van der Waals surface area contributed by atoms with Crippen LogP contribution < -0.4 is 9.67 Å². The van der Waals surface area contributed by atoms with Gasteiger partial charge in [-0.2, -0.15) is 5.10 Å². The summed E-state index contributed by atoms with van der Waals surface area (Å²) in [6.07, 6.45) is 1.39. The number of carbonyl (C=O) groups is 2. The van der Waals surface area contributed by atoms with Crippen molar-refractivity contribution in [2.75, 3.05) is 5.32 Å². The molecule has 0 saturated carbocycles. The molecule has 0 fully saturated rings. The number of rotatable bonds is 4. The number of aromatic nitrogens is 2. The van der Waals surface area contributed by atoms with Gasteiger partial charge < -0.3 is 5.11 Å². The van der Waals surface area contributed by atoms with Gasteiger partial charge in [-0.15, -0.1) is 0 Å². The normalized spacial score (nSPS) is 12.5. The third kappa shape index (κ3) is 6.09. The van der Waals surface area contributed by atoms with Crippen LogP contribution in [0.5, 0.6) is 0 Å². The number of hydrogen-bond acceptors (Lipinski definition) is 6. The molecule has 0 spiro atoms. The van der Waals surface area contributed by atoms with Crippen molar-refractivity contribution >= 4 is 36.1 Å². The molecule has 2 aromatic rings. The minimum atomic E-state index is -4.76. The van der Waals surface area contributed by atoms with Gasteiger partial charge in [-0.25, -0.2) is 4.79 Å². The monoisotopic (exact) mass is 387 g/mol. The van der Waals surface area contributed by atoms with E-state index in [1.165, 1.54) is 43.5 Å². The largest absolute Gasteiger partial charge is 0.477 e. The number of nitrogens with zero attached hydrogens (tertiary/aromatic N) is 1. The Hall–Kier alpha value is -2.39. The molecule has 0 saturated heterocycles. The Kier molecular flexibility index (Phi) is 6.73. The predicted molar refractivity (Wildman–Crippen MR) is 78.3 cm³/mol. The van der Waals surface area contributed by atoms with E-state index < -0.39 is 20.1 Å². The van der Waals surface area contributed by atoms with E-state index in [0.717, 1.165) is 0 Å². The second-order valence-corrected chi connectivity index (χ2v) is 7.72. The fourth-order valence-electron chi connectivity index (χ4n) is 1.36. The second-order valence-electron chi connectivity index (χ2n) is 4.11. The van der Waals surface area contributed by atoms with Crippen molar-refractivity contribution in [3.8, 4) is 0 Å². The number of carboxylic acid groups (broad SMARTS) is 1. The molecule has 0 radical (unpaired) electrons. The Morgan fingerprint density at radius 3 is 2.22 bits per heavy atom. The molecule has 1 unspecified atom stereocenters. The van der Waals surface area contributed by atoms with Gasteiger partial charge in [0.1, 0.15) is 5.69 Å². The van der Waals surface area contributed by atoms with Crippen LogP contribution >= 0.6 is 0 Å². The van der Waals surface area contributed by atoms with Gasteiger partial charge in [0.2, 0.25) is 0 Å². The maximum absolute atomic E-state index is 11.2. The van der Waals surface area contributed by atoms with E-state index in [1.807, 2.05) is 0 Å². The van der Waals surface area contributed by atoms with Crippen molar-refractivity contribution in [1.29, 1.82) is 0 Å². The Morgan fingerprint density at radius 2 is 1.87 bits per heavy atom. The summed E-state index contributed by atoms with van der Waals surface area (Å²) < 4.78 is 23.8. The summed E-state index contributed by atoms with van der Waals surface area (Å²) in [7, 11) is 0. The van der Waals surface area contributed by atoms with Gasteiger partial charge in [-0.1, -0.05) is 0 Å². The van der Waals surface area contributed by atoms with Crippen molar-refractivity contribution in [3.05, 3.63) is 42.2 Å². The van der Waals surface area contributed by atoms with Gasteiger partial charge in [-0.3, -0.25) is 5.10 Å². The van der Waals surface area contributed by atoms with Crippen LogP contribution in [0.15, 0.2) is 36.5 Å². The first-order chi connectivity index (χ1) is 10.8. The average molecular weight is 387 g/mol. The number of carbonyl (C=O) groups excluding carboxylic acids is 1. The van der Waals surface area contributed by atoms with E-state index in [-0.39, 0.29) is 16.0 Å². The summed E-state index contributed by atoms with van der Waals surface area (Å²) in [5, 5.41) is 24.6. The predicted octanol–water partition coefficient (Wildman–Crippen LogP) is -0.189. The summed E-state index contributed by atoms with van der Waals surface area (Å²) in [5.74, 6) is -1.22. The Bertz CT molecular complexity index is 700. The Balaban J connectivity index is 0.000000277. The standard InChI is InChI=1S/C8H10AsNO5.C4H4N2O2/c1-6(11)10-8-4-2-7(3-5-8)9(12,13)15-14;7-4(8)3-1-2-5-6-3/h2-5,14H,1H3,(H,10,11)(H,12,13);1-2H,(H,5,6)(H,7,8). The van der Waals surface area contributed by atoms with Crippen LogP contribution in [0, 0.1) is 0 Å². The number of H-pyrrole nitrogens is 1. The zero-order valence-corrected chi connectivity index (χ0v) is 13.7. The summed E-state index contributed by atoms with van der Waals surface area (Å²) in [4.78, 5) is 20.7. The summed E-state index contributed by atoms with van der Waals surface area (Å²) in [5.41, 5.74) is 0.615. The number of amides is 1. The van der Waals surface area contributed by atoms with E-state index in [0.29, 0.717) is 5.69 Å². The van der Waals surface area contributed by atoms with Crippen LogP contribution in [0.1, 0.15) is 17.4 Å². The molecule has 1 aromatic heterocycles. The molecular weight excluding hydrogens is 373 g/mol. The number of nitrogens with one attached hydrogen (secondary N) is 2. The number of aromatic carboxylic acids is 1. The van der Waals surface area contributed by atoms with Gasteiger partial charge in [-0.05, 0) is 6.07 Å². The maximum Gasteiger partial charge on any atom is 0.353 e. The van der Waals surface area contributed by atoms with Crippen LogP contribution in [0.4, 0.5) is 5.69 Å². The van der Waals surface area contributed by atoms with Crippen LogP contribution in [-0.2, 0) is 12.4 Å². The first-order valence-electron chi connectivity index (χ1n) is 6.03. The van der Waals surface area contributed by atoms with E-state index in [1.54, 1.807) is 0 Å². The first-order valence-corrected chi connectivity index (χ1v) is 9.34. The number of hydrogen-bond donors (Lipinski definition) is 5. The molecule has 10 nitrogen and oxygen atoms in total. The van der Waals surface area contributed by atoms with E-state index in [4.69, 9.17) is 14.5 Å². The Morgan fingerprint density at radius 1 is 1.26 bits per heavy atom. The molecule has 23 heavy (non-hydrogen) atoms. The van der Waals surface area contributed by atoms with Crippen molar-refractivity contribution in [3.63, 3.8) is 0 Å². The van der Waals surface area contributed by atoms with Crippen LogP contribution in [-0.4, -0.2) is 50.7 Å². The maximum atomic E-state index is 11.2. The average Bonchev–Trinajstić information content (AvgIpc) is 3.02. The zero-order valence-electron chi connectivity index (χ0n) is 11.8. The number of benzene rings is 1. The van der Waals surface area contributed by atoms with Crippen LogP contribution in [0.3, 0.4) is 0 Å². The van der Waals surface area contributed by atoms with Crippen molar-refractivity contribution < 1.29 is 31.7 Å². The Labute approximate surface area is 133 Å². The first kappa shape index (κ1) is 18.7. The molecule has 0 aliphatic heterocycles. The molecule has 1 amide bonds. The molecule has 1 aromatic carbocycles. The molecule has 11 heteroatoms. The van der Waals surface area contributed by atoms with E-state index >= 15 is 0 Å². The number of aromatic amines is 1. The smallest absolute Gasteiger partial charge is 0.353 e. The molecule has 124 valence electrons. The molecular formula is C12H14AsN3O7. The van der Waals surface area contributed by atoms with Crippen LogP contribution in [0.2, 0.25) is 0 Å². The summed E-state index contributed by atoms with van der Waals surface area (Å²) in [6, 6.07) is 6.89. The van der Waals surface area contributed by atoms with Gasteiger partial charge in [0.05, 0.1) is 0 Å². The van der Waals surface area contributed by atoms with E-state index in [9.17, 15) is 13.3 Å². The molecule has 0 bridgehead atoms. The van der Waals surface area contributed by atoms with Gasteiger partial charge >= 0.3 is 94.4 Å². The SMILES string of the molecule is CC(=O)Nc1ccc([As](=O)(O)OO)cc1.O=C(O)c1ccn[nH]1. The summed E-state index contributed by atoms with van der Waals surface area (Å²) >= 11 is -4.76. The van der Waals surface area contributed by atoms with Crippen LogP contribution in [0.25, 0.3) is 0 Å². The molecule has 5 N–H and O–H groups in total. The van der Waals surface area contributed by atoms with Gasteiger partial charge in [0, 0.05) is 6.20 Å². The number of anilines is 1. The molecule has 0 aliphatic rings. The van der Waals surface area contributed by atoms with Crippen molar-refractivity contribution in [2.24, 2.45) is 0 Å². The quantitative estimate of drug-likeness (QED) is 0.274. The number of carboxylic acids is 1. The topological polar surface area (TPSA) is 162 Å². The fraction of sp³-hybridized carbons (Fsp3) is 0.0833. The summed E-state index contributed by atoms with van der Waals surface area (Å²) in [6.45, 7) is 1.35. The van der Waals surface area contributed by atoms with Gasteiger partial charge in [0.15, 0.2) is 0 Å².